The van der Waals surface area contributed by atoms with Crippen LogP contribution in [0.5, 0.6) is 0 Å². The largest absolute Gasteiger partial charge is 0.369 e. The number of aryl methyl sites for hydroxylation is 1. The maximum atomic E-state index is 11.0. The van der Waals surface area contributed by atoms with Gasteiger partial charge in [0.25, 0.3) is 0 Å². The molecule has 9 heteroatoms. The summed E-state index contributed by atoms with van der Waals surface area (Å²) in [6.07, 6.45) is 4.28. The van der Waals surface area contributed by atoms with Crippen LogP contribution in [0.25, 0.3) is 0 Å². The van der Waals surface area contributed by atoms with Gasteiger partial charge in [0.2, 0.25) is 0 Å². The third kappa shape index (κ3) is 2.70. The van der Waals surface area contributed by atoms with E-state index in [1.54, 1.807) is 10.9 Å². The summed E-state index contributed by atoms with van der Waals surface area (Å²) in [4.78, 5) is 14.3. The predicted octanol–water partition coefficient (Wildman–Crippen LogP) is 2.05. The summed E-state index contributed by atoms with van der Waals surface area (Å²) in [5.41, 5.74) is 0.277. The number of aromatic nitrogens is 4. The first-order valence-corrected chi connectivity index (χ1v) is 6.18. The van der Waals surface area contributed by atoms with Crippen molar-refractivity contribution < 1.29 is 4.92 Å². The first-order chi connectivity index (χ1) is 9.00. The number of anilines is 1. The van der Waals surface area contributed by atoms with E-state index in [-0.39, 0.29) is 11.7 Å². The van der Waals surface area contributed by atoms with Crippen LogP contribution in [0.15, 0.2) is 23.2 Å². The Labute approximate surface area is 117 Å². The molecule has 0 aliphatic carbocycles. The van der Waals surface area contributed by atoms with E-state index < -0.39 is 4.92 Å². The number of halogens is 1. The van der Waals surface area contributed by atoms with E-state index in [0.717, 1.165) is 0 Å². The van der Waals surface area contributed by atoms with Gasteiger partial charge >= 0.3 is 5.69 Å². The van der Waals surface area contributed by atoms with Crippen molar-refractivity contribution in [2.75, 3.05) is 5.32 Å². The van der Waals surface area contributed by atoms with E-state index in [9.17, 15) is 10.1 Å². The van der Waals surface area contributed by atoms with Gasteiger partial charge in [0.1, 0.15) is 18.2 Å². The van der Waals surface area contributed by atoms with Crippen molar-refractivity contribution >= 4 is 27.3 Å². The van der Waals surface area contributed by atoms with Crippen LogP contribution in [0.1, 0.15) is 18.8 Å². The molecule has 0 bridgehead atoms. The Kier molecular flexibility index (Phi) is 3.74. The van der Waals surface area contributed by atoms with Gasteiger partial charge in [-0.25, -0.2) is 0 Å². The number of rotatable bonds is 4. The summed E-state index contributed by atoms with van der Waals surface area (Å²) in [5.74, 6) is 0.679. The first kappa shape index (κ1) is 13.4. The maximum Gasteiger partial charge on any atom is 0.311 e. The Morgan fingerprint density at radius 1 is 1.53 bits per heavy atom. The van der Waals surface area contributed by atoms with Crippen molar-refractivity contribution in [3.63, 3.8) is 0 Å². The summed E-state index contributed by atoms with van der Waals surface area (Å²) in [6.45, 7) is 1.85. The SMILES string of the molecule is CC(Nc1c(Br)cncc1[N+](=O)[O-])c1nncn1C. The molecule has 1 atom stereocenters. The topological polar surface area (TPSA) is 98.8 Å². The molecule has 2 heterocycles. The highest BCUT2D eigenvalue weighted by molar-refractivity contribution is 9.10. The van der Waals surface area contributed by atoms with E-state index in [2.05, 4.69) is 36.4 Å². The fourth-order valence-electron chi connectivity index (χ4n) is 1.67. The Bertz CT molecular complexity index is 614. The second-order valence-electron chi connectivity index (χ2n) is 3.94. The van der Waals surface area contributed by atoms with Gasteiger partial charge in [0.15, 0.2) is 5.82 Å². The van der Waals surface area contributed by atoms with Crippen molar-refractivity contribution in [3.05, 3.63) is 39.1 Å². The lowest BCUT2D eigenvalue weighted by Gasteiger charge is -2.15. The average Bonchev–Trinajstić information content (AvgIpc) is 2.77. The Morgan fingerprint density at radius 3 is 2.84 bits per heavy atom. The van der Waals surface area contributed by atoms with Crippen molar-refractivity contribution in [1.82, 2.24) is 19.7 Å². The summed E-state index contributed by atoms with van der Waals surface area (Å²) in [5, 5.41) is 21.8. The lowest BCUT2D eigenvalue weighted by molar-refractivity contribution is -0.384. The molecular weight excluding hydrogens is 316 g/mol. The Morgan fingerprint density at radius 2 is 2.26 bits per heavy atom. The van der Waals surface area contributed by atoms with Crippen LogP contribution >= 0.6 is 15.9 Å². The molecule has 19 heavy (non-hydrogen) atoms. The molecule has 0 amide bonds. The van der Waals surface area contributed by atoms with E-state index in [1.165, 1.54) is 12.4 Å². The summed E-state index contributed by atoms with van der Waals surface area (Å²) >= 11 is 3.25. The summed E-state index contributed by atoms with van der Waals surface area (Å²) < 4.78 is 2.27. The van der Waals surface area contributed by atoms with Crippen LogP contribution < -0.4 is 5.32 Å². The van der Waals surface area contributed by atoms with E-state index in [1.807, 2.05) is 14.0 Å². The second-order valence-corrected chi connectivity index (χ2v) is 4.79. The molecule has 2 rings (SSSR count). The van der Waals surface area contributed by atoms with Crippen molar-refractivity contribution in [1.29, 1.82) is 0 Å². The molecule has 0 aliphatic rings. The molecule has 2 aromatic rings. The van der Waals surface area contributed by atoms with Crippen LogP contribution in [0, 0.1) is 10.1 Å². The van der Waals surface area contributed by atoms with Crippen LogP contribution in [0.3, 0.4) is 0 Å². The summed E-state index contributed by atoms with van der Waals surface area (Å²) in [7, 11) is 1.81. The molecule has 1 N–H and O–H groups in total. The number of nitro groups is 1. The molecule has 0 saturated carbocycles. The van der Waals surface area contributed by atoms with Gasteiger partial charge in [-0.15, -0.1) is 10.2 Å². The zero-order valence-electron chi connectivity index (χ0n) is 10.2. The van der Waals surface area contributed by atoms with Crippen LogP contribution in [-0.4, -0.2) is 24.7 Å². The van der Waals surface area contributed by atoms with Crippen LogP contribution in [0.4, 0.5) is 11.4 Å². The van der Waals surface area contributed by atoms with Gasteiger partial charge in [-0.3, -0.25) is 15.1 Å². The van der Waals surface area contributed by atoms with Gasteiger partial charge < -0.3 is 9.88 Å². The van der Waals surface area contributed by atoms with E-state index >= 15 is 0 Å². The van der Waals surface area contributed by atoms with Gasteiger partial charge in [-0.05, 0) is 22.9 Å². The fourth-order valence-corrected chi connectivity index (χ4v) is 2.11. The molecule has 0 fully saturated rings. The number of hydrogen-bond donors (Lipinski definition) is 1. The molecule has 0 saturated heterocycles. The minimum Gasteiger partial charge on any atom is -0.369 e. The van der Waals surface area contributed by atoms with Gasteiger partial charge in [-0.2, -0.15) is 0 Å². The van der Waals surface area contributed by atoms with Crippen LogP contribution in [0.2, 0.25) is 0 Å². The van der Waals surface area contributed by atoms with E-state index in [4.69, 9.17) is 0 Å². The molecule has 8 nitrogen and oxygen atoms in total. The number of pyridine rings is 1. The quantitative estimate of drug-likeness (QED) is 0.682. The zero-order valence-corrected chi connectivity index (χ0v) is 11.8. The minimum atomic E-state index is -0.483. The molecule has 100 valence electrons. The number of nitrogens with zero attached hydrogens (tertiary/aromatic N) is 5. The molecule has 0 radical (unpaired) electrons. The molecular formula is C10H11BrN6O2. The third-order valence-corrected chi connectivity index (χ3v) is 3.17. The number of nitrogens with one attached hydrogen (secondary N) is 1. The average molecular weight is 327 g/mol. The Balaban J connectivity index is 2.33. The monoisotopic (exact) mass is 326 g/mol. The lowest BCUT2D eigenvalue weighted by Crippen LogP contribution is -2.13. The van der Waals surface area contributed by atoms with E-state index in [0.29, 0.717) is 16.0 Å². The van der Waals surface area contributed by atoms with Crippen LogP contribution in [-0.2, 0) is 7.05 Å². The molecule has 0 aromatic carbocycles. The standard InChI is InChI=1S/C10H11BrN6O2/c1-6(10-15-13-5-16(10)2)14-9-7(11)3-12-4-8(9)17(18)19/h3-6H,1-2H3,(H,12,14). The van der Waals surface area contributed by atoms with Gasteiger partial charge in [0, 0.05) is 13.2 Å². The Hall–Kier alpha value is -2.03. The van der Waals surface area contributed by atoms with Crippen molar-refractivity contribution in [3.8, 4) is 0 Å². The highest BCUT2D eigenvalue weighted by atomic mass is 79.9. The van der Waals surface area contributed by atoms with Crippen molar-refractivity contribution in [2.24, 2.45) is 7.05 Å². The van der Waals surface area contributed by atoms with Gasteiger partial charge in [0.05, 0.1) is 15.4 Å². The van der Waals surface area contributed by atoms with Crippen molar-refractivity contribution in [2.45, 2.75) is 13.0 Å². The zero-order chi connectivity index (χ0) is 14.0. The molecule has 0 spiro atoms. The number of hydrogen-bond acceptors (Lipinski definition) is 6. The molecule has 0 aliphatic heterocycles. The highest BCUT2D eigenvalue weighted by Gasteiger charge is 2.21. The molecule has 1 unspecified atom stereocenters. The third-order valence-electron chi connectivity index (χ3n) is 2.57. The minimum absolute atomic E-state index is 0.0941. The smallest absolute Gasteiger partial charge is 0.311 e. The second kappa shape index (κ2) is 5.31. The molecule has 2 aromatic heterocycles. The normalized spacial score (nSPS) is 12.2. The maximum absolute atomic E-state index is 11.0. The lowest BCUT2D eigenvalue weighted by atomic mass is 10.2. The van der Waals surface area contributed by atoms with Gasteiger partial charge in [-0.1, -0.05) is 0 Å². The predicted molar refractivity (Wildman–Crippen MR) is 71.6 cm³/mol. The summed E-state index contributed by atoms with van der Waals surface area (Å²) in [6, 6.07) is -0.232. The first-order valence-electron chi connectivity index (χ1n) is 5.39. The fraction of sp³-hybridized carbons (Fsp3) is 0.300. The highest BCUT2D eigenvalue weighted by Crippen LogP contribution is 2.33.